The van der Waals surface area contributed by atoms with Crippen molar-refractivity contribution in [1.29, 1.82) is 0 Å². The highest BCUT2D eigenvalue weighted by Gasteiger charge is 2.00. The molecule has 1 N–H and O–H groups in total. The number of aromatic amines is 1. The zero-order valence-corrected chi connectivity index (χ0v) is 5.63. The second-order valence-corrected chi connectivity index (χ2v) is 2.21. The molecule has 0 radical (unpaired) electrons. The highest BCUT2D eigenvalue weighted by Crippen LogP contribution is 2.15. The van der Waals surface area contributed by atoms with Gasteiger partial charge in [-0.05, 0) is 6.07 Å². The van der Waals surface area contributed by atoms with Gasteiger partial charge in [0.15, 0.2) is 0 Å². The van der Waals surface area contributed by atoms with Gasteiger partial charge in [0, 0.05) is 6.20 Å². The van der Waals surface area contributed by atoms with Gasteiger partial charge in [-0.2, -0.15) is 0 Å². The van der Waals surface area contributed by atoms with Gasteiger partial charge in [-0.3, -0.25) is 5.10 Å². The fourth-order valence-electron chi connectivity index (χ4n) is 0.730. The first-order chi connectivity index (χ1) is 4.88. The number of H-pyrrole nitrogens is 1. The average Bonchev–Trinajstić information content (AvgIpc) is 2.36. The monoisotopic (exact) mass is 154 g/mol. The summed E-state index contributed by atoms with van der Waals surface area (Å²) in [6.45, 7) is 0. The first kappa shape index (κ1) is 5.61. The Morgan fingerprint density at radius 2 is 2.40 bits per heavy atom. The van der Waals surface area contributed by atoms with E-state index in [-0.39, 0.29) is 0 Å². The molecule has 0 saturated carbocycles. The van der Waals surface area contributed by atoms with Crippen LogP contribution in [-0.4, -0.2) is 20.4 Å². The first-order valence-electron chi connectivity index (χ1n) is 2.69. The maximum absolute atomic E-state index is 5.75. The summed E-state index contributed by atoms with van der Waals surface area (Å²) in [5.41, 5.74) is 1.23. The molecule has 0 aliphatic rings. The molecule has 0 atom stereocenters. The molecule has 2 rings (SSSR count). The van der Waals surface area contributed by atoms with Crippen molar-refractivity contribution in [3.63, 3.8) is 0 Å². The molecule has 0 aliphatic heterocycles. The minimum Gasteiger partial charge on any atom is -0.254 e. The van der Waals surface area contributed by atoms with Gasteiger partial charge >= 0.3 is 0 Å². The van der Waals surface area contributed by atoms with Crippen LogP contribution in [0.4, 0.5) is 0 Å². The molecule has 2 aromatic rings. The number of hydrogen-bond acceptors (Lipinski definition) is 3. The molecular formula is C5H3ClN4. The number of halogens is 1. The van der Waals surface area contributed by atoms with Crippen LogP contribution in [-0.2, 0) is 0 Å². The fraction of sp³-hybridized carbons (Fsp3) is 0. The Morgan fingerprint density at radius 3 is 3.20 bits per heavy atom. The minimum atomic E-state index is 0.549. The van der Waals surface area contributed by atoms with E-state index >= 15 is 0 Å². The molecule has 4 nitrogen and oxygen atoms in total. The van der Waals surface area contributed by atoms with Gasteiger partial charge in [-0.1, -0.05) is 16.8 Å². The third-order valence-corrected chi connectivity index (χ3v) is 1.50. The molecule has 5 heteroatoms. The fourth-order valence-corrected chi connectivity index (χ4v) is 0.913. The number of rotatable bonds is 0. The number of fused-ring (bicyclic) bond motifs is 1. The number of aromatic nitrogens is 4. The quantitative estimate of drug-likeness (QED) is 0.616. The molecule has 2 heterocycles. The van der Waals surface area contributed by atoms with Crippen molar-refractivity contribution < 1.29 is 0 Å². The van der Waals surface area contributed by atoms with Crippen LogP contribution in [0.25, 0.3) is 11.2 Å². The predicted molar refractivity (Wildman–Crippen MR) is 36.7 cm³/mol. The second-order valence-electron chi connectivity index (χ2n) is 1.80. The van der Waals surface area contributed by atoms with E-state index in [0.717, 1.165) is 0 Å². The van der Waals surface area contributed by atoms with E-state index in [1.807, 2.05) is 0 Å². The van der Waals surface area contributed by atoms with E-state index in [1.54, 1.807) is 12.3 Å². The molecule has 0 saturated heterocycles. The normalized spacial score (nSPS) is 10.5. The molecule has 2 aromatic heterocycles. The van der Waals surface area contributed by atoms with Crippen molar-refractivity contribution >= 4 is 22.8 Å². The Kier molecular flexibility index (Phi) is 1.07. The van der Waals surface area contributed by atoms with Crippen LogP contribution in [0.3, 0.4) is 0 Å². The lowest BCUT2D eigenvalue weighted by Crippen LogP contribution is -1.75. The molecule has 0 amide bonds. The molecular weight excluding hydrogens is 152 g/mol. The lowest BCUT2D eigenvalue weighted by Gasteiger charge is -1.86. The summed E-state index contributed by atoms with van der Waals surface area (Å²) in [5, 5.41) is 10.4. The first-order valence-corrected chi connectivity index (χ1v) is 3.07. The Balaban J connectivity index is 2.95. The van der Waals surface area contributed by atoms with E-state index in [1.165, 1.54) is 0 Å². The summed E-state index contributed by atoms with van der Waals surface area (Å²) >= 11 is 5.75. The van der Waals surface area contributed by atoms with Crippen molar-refractivity contribution in [1.82, 2.24) is 20.4 Å². The van der Waals surface area contributed by atoms with Crippen LogP contribution in [0.5, 0.6) is 0 Å². The van der Waals surface area contributed by atoms with Crippen LogP contribution in [0.2, 0.25) is 5.02 Å². The van der Waals surface area contributed by atoms with Crippen molar-refractivity contribution in [2.75, 3.05) is 0 Å². The van der Waals surface area contributed by atoms with Gasteiger partial charge in [-0.15, -0.1) is 5.10 Å². The van der Waals surface area contributed by atoms with Crippen LogP contribution >= 0.6 is 11.6 Å². The van der Waals surface area contributed by atoms with Crippen LogP contribution in [0, 0.1) is 0 Å². The van der Waals surface area contributed by atoms with Crippen LogP contribution < -0.4 is 0 Å². The van der Waals surface area contributed by atoms with Gasteiger partial charge < -0.3 is 0 Å². The predicted octanol–water partition coefficient (Wildman–Crippen LogP) is 1.01. The van der Waals surface area contributed by atoms with Crippen LogP contribution in [0.15, 0.2) is 12.3 Å². The highest BCUT2D eigenvalue weighted by atomic mass is 35.5. The Labute approximate surface area is 61.2 Å². The second kappa shape index (κ2) is 1.91. The smallest absolute Gasteiger partial charge is 0.203 e. The van der Waals surface area contributed by atoms with E-state index < -0.39 is 0 Å². The standard InChI is InChI=1S/C5H3ClN4/c6-3-1-2-7-5-4(3)8-10-9-5/h1-2H,(H,7,8,9,10). The average molecular weight is 155 g/mol. The van der Waals surface area contributed by atoms with E-state index in [2.05, 4.69) is 20.4 Å². The van der Waals surface area contributed by atoms with Crippen molar-refractivity contribution in [2.24, 2.45) is 0 Å². The third kappa shape index (κ3) is 0.657. The molecule has 10 heavy (non-hydrogen) atoms. The summed E-state index contributed by atoms with van der Waals surface area (Å²) in [5.74, 6) is 0. The van der Waals surface area contributed by atoms with Gasteiger partial charge in [0.25, 0.3) is 0 Å². The highest BCUT2D eigenvalue weighted by molar-refractivity contribution is 6.34. The summed E-state index contributed by atoms with van der Waals surface area (Å²) < 4.78 is 0. The number of nitrogens with zero attached hydrogens (tertiary/aromatic N) is 3. The molecule has 0 fully saturated rings. The summed E-state index contributed by atoms with van der Waals surface area (Å²) in [6, 6.07) is 1.68. The largest absolute Gasteiger partial charge is 0.254 e. The summed E-state index contributed by atoms with van der Waals surface area (Å²) in [4.78, 5) is 3.91. The molecule has 0 unspecified atom stereocenters. The summed E-state index contributed by atoms with van der Waals surface area (Å²) in [6.07, 6.45) is 1.59. The maximum Gasteiger partial charge on any atom is 0.203 e. The zero-order chi connectivity index (χ0) is 6.97. The molecule has 50 valence electrons. The molecule has 0 aromatic carbocycles. The Morgan fingerprint density at radius 1 is 1.50 bits per heavy atom. The van der Waals surface area contributed by atoms with E-state index in [4.69, 9.17) is 11.6 Å². The van der Waals surface area contributed by atoms with E-state index in [0.29, 0.717) is 16.2 Å². The lowest BCUT2D eigenvalue weighted by atomic mass is 10.4. The van der Waals surface area contributed by atoms with Gasteiger partial charge in [0.05, 0.1) is 5.02 Å². The number of hydrogen-bond donors (Lipinski definition) is 1. The topological polar surface area (TPSA) is 54.5 Å². The summed E-state index contributed by atoms with van der Waals surface area (Å²) in [7, 11) is 0. The Bertz CT molecular complexity index is 355. The van der Waals surface area contributed by atoms with Crippen LogP contribution in [0.1, 0.15) is 0 Å². The lowest BCUT2D eigenvalue weighted by molar-refractivity contribution is 0.954. The number of pyridine rings is 1. The zero-order valence-electron chi connectivity index (χ0n) is 4.87. The van der Waals surface area contributed by atoms with Gasteiger partial charge in [0.2, 0.25) is 5.65 Å². The SMILES string of the molecule is Clc1ccnc2nn[nH]c12. The van der Waals surface area contributed by atoms with Gasteiger partial charge in [-0.25, -0.2) is 4.98 Å². The number of nitrogens with one attached hydrogen (secondary N) is 1. The molecule has 0 aliphatic carbocycles. The van der Waals surface area contributed by atoms with Gasteiger partial charge in [0.1, 0.15) is 5.52 Å². The van der Waals surface area contributed by atoms with E-state index in [9.17, 15) is 0 Å². The molecule has 0 bridgehead atoms. The molecule has 0 spiro atoms. The maximum atomic E-state index is 5.75. The third-order valence-electron chi connectivity index (χ3n) is 1.19. The Hall–Kier alpha value is -1.16. The van der Waals surface area contributed by atoms with Crippen molar-refractivity contribution in [2.45, 2.75) is 0 Å². The van der Waals surface area contributed by atoms with Crippen molar-refractivity contribution in [3.8, 4) is 0 Å². The van der Waals surface area contributed by atoms with Crippen molar-refractivity contribution in [3.05, 3.63) is 17.3 Å². The minimum absolute atomic E-state index is 0.549.